The molecule has 1 aromatic carbocycles. The van der Waals surface area contributed by atoms with Crippen molar-refractivity contribution in [3.63, 3.8) is 0 Å². The van der Waals surface area contributed by atoms with Crippen molar-refractivity contribution in [1.82, 2.24) is 4.90 Å². The zero-order valence-corrected chi connectivity index (χ0v) is 11.5. The molecule has 1 aromatic rings. The second-order valence-electron chi connectivity index (χ2n) is 5.25. The molecule has 0 aliphatic carbocycles. The van der Waals surface area contributed by atoms with Gasteiger partial charge in [0, 0.05) is 30.9 Å². The fourth-order valence-corrected chi connectivity index (χ4v) is 2.64. The minimum atomic E-state index is 0.230. The first kappa shape index (κ1) is 13.4. The van der Waals surface area contributed by atoms with E-state index >= 15 is 0 Å². The summed E-state index contributed by atoms with van der Waals surface area (Å²) in [4.78, 5) is 2.35. The largest absolute Gasteiger partial charge is 0.508 e. The van der Waals surface area contributed by atoms with Gasteiger partial charge in [0.05, 0.1) is 0 Å². The third-order valence-electron chi connectivity index (χ3n) is 4.01. The molecule has 1 saturated heterocycles. The van der Waals surface area contributed by atoms with E-state index in [2.05, 4.69) is 24.9 Å². The number of phenolic OH excluding ortho intramolecular Hbond substituents is 1. The van der Waals surface area contributed by atoms with Gasteiger partial charge in [-0.3, -0.25) is 4.90 Å². The molecule has 2 rings (SSSR count). The molecular weight excluding hydrogens is 226 g/mol. The number of benzene rings is 1. The first-order chi connectivity index (χ1) is 8.59. The van der Waals surface area contributed by atoms with Crippen LogP contribution in [-0.4, -0.2) is 36.3 Å². The van der Waals surface area contributed by atoms with Crippen LogP contribution in [0, 0.1) is 6.92 Å². The fourth-order valence-electron chi connectivity index (χ4n) is 2.64. The van der Waals surface area contributed by atoms with Crippen LogP contribution in [0.5, 0.6) is 5.75 Å². The molecule has 0 bridgehead atoms. The average Bonchev–Trinajstić information content (AvgIpc) is 2.38. The van der Waals surface area contributed by atoms with E-state index in [1.807, 2.05) is 19.1 Å². The van der Waals surface area contributed by atoms with E-state index in [1.165, 1.54) is 0 Å². The second kappa shape index (κ2) is 5.72. The van der Waals surface area contributed by atoms with Gasteiger partial charge < -0.3 is 9.84 Å². The Labute approximate surface area is 109 Å². The molecule has 0 radical (unpaired) electrons. The Morgan fingerprint density at radius 3 is 2.61 bits per heavy atom. The lowest BCUT2D eigenvalue weighted by atomic mass is 10.00. The van der Waals surface area contributed by atoms with Crippen molar-refractivity contribution in [1.29, 1.82) is 0 Å². The Morgan fingerprint density at radius 2 is 2.00 bits per heavy atom. The average molecular weight is 249 g/mol. The van der Waals surface area contributed by atoms with Gasteiger partial charge in [0.25, 0.3) is 0 Å². The number of aromatic hydroxyl groups is 1. The Hall–Kier alpha value is -1.06. The second-order valence-corrected chi connectivity index (χ2v) is 5.25. The SMILES string of the molecule is Cc1ccc(C(C)N(C)C2CCOCC2)c(O)c1. The number of aryl methyl sites for hydroxylation is 1. The van der Waals surface area contributed by atoms with E-state index in [0.717, 1.165) is 37.2 Å². The molecule has 0 amide bonds. The maximum absolute atomic E-state index is 10.1. The van der Waals surface area contributed by atoms with Crippen molar-refractivity contribution in [2.24, 2.45) is 0 Å². The first-order valence-electron chi connectivity index (χ1n) is 6.69. The van der Waals surface area contributed by atoms with Crippen LogP contribution >= 0.6 is 0 Å². The Bertz CT molecular complexity index is 399. The Balaban J connectivity index is 2.11. The third kappa shape index (κ3) is 2.85. The van der Waals surface area contributed by atoms with E-state index in [9.17, 15) is 5.11 Å². The van der Waals surface area contributed by atoms with Crippen molar-refractivity contribution in [2.75, 3.05) is 20.3 Å². The highest BCUT2D eigenvalue weighted by atomic mass is 16.5. The van der Waals surface area contributed by atoms with Gasteiger partial charge in [0.2, 0.25) is 0 Å². The van der Waals surface area contributed by atoms with Crippen LogP contribution in [0.15, 0.2) is 18.2 Å². The lowest BCUT2D eigenvalue weighted by molar-refractivity contribution is 0.0306. The summed E-state index contributed by atoms with van der Waals surface area (Å²) < 4.78 is 5.40. The van der Waals surface area contributed by atoms with Crippen molar-refractivity contribution in [3.05, 3.63) is 29.3 Å². The van der Waals surface area contributed by atoms with Gasteiger partial charge in [0.1, 0.15) is 5.75 Å². The van der Waals surface area contributed by atoms with Crippen LogP contribution in [0.4, 0.5) is 0 Å². The molecule has 1 N–H and O–H groups in total. The lowest BCUT2D eigenvalue weighted by Crippen LogP contribution is -2.38. The van der Waals surface area contributed by atoms with E-state index in [4.69, 9.17) is 4.74 Å². The quantitative estimate of drug-likeness (QED) is 0.894. The van der Waals surface area contributed by atoms with E-state index in [0.29, 0.717) is 11.8 Å². The van der Waals surface area contributed by atoms with Gasteiger partial charge in [-0.1, -0.05) is 12.1 Å². The normalized spacial score (nSPS) is 19.1. The molecule has 1 aliphatic rings. The van der Waals surface area contributed by atoms with E-state index in [-0.39, 0.29) is 6.04 Å². The van der Waals surface area contributed by atoms with Gasteiger partial charge in [-0.25, -0.2) is 0 Å². The zero-order valence-electron chi connectivity index (χ0n) is 11.5. The highest BCUT2D eigenvalue weighted by molar-refractivity contribution is 5.37. The molecule has 0 aromatic heterocycles. The summed E-state index contributed by atoms with van der Waals surface area (Å²) in [6, 6.07) is 6.71. The molecule has 0 spiro atoms. The van der Waals surface area contributed by atoms with Gasteiger partial charge in [0.15, 0.2) is 0 Å². The van der Waals surface area contributed by atoms with Gasteiger partial charge in [-0.2, -0.15) is 0 Å². The summed E-state index contributed by atoms with van der Waals surface area (Å²) in [7, 11) is 2.14. The summed E-state index contributed by atoms with van der Waals surface area (Å²) in [5.74, 6) is 0.404. The molecule has 0 saturated carbocycles. The van der Waals surface area contributed by atoms with E-state index < -0.39 is 0 Å². The number of ether oxygens (including phenoxy) is 1. The molecule has 1 aliphatic heterocycles. The van der Waals surface area contributed by atoms with Gasteiger partial charge >= 0.3 is 0 Å². The minimum Gasteiger partial charge on any atom is -0.508 e. The van der Waals surface area contributed by atoms with E-state index in [1.54, 1.807) is 0 Å². The summed E-state index contributed by atoms with van der Waals surface area (Å²) >= 11 is 0. The topological polar surface area (TPSA) is 32.7 Å². The first-order valence-corrected chi connectivity index (χ1v) is 6.69. The van der Waals surface area contributed by atoms with Crippen molar-refractivity contribution >= 4 is 0 Å². The summed E-state index contributed by atoms with van der Waals surface area (Å²) in [5.41, 5.74) is 2.10. The van der Waals surface area contributed by atoms with Gasteiger partial charge in [-0.05, 0) is 45.4 Å². The lowest BCUT2D eigenvalue weighted by Gasteiger charge is -2.35. The van der Waals surface area contributed by atoms with Crippen LogP contribution in [0.1, 0.15) is 36.9 Å². The zero-order chi connectivity index (χ0) is 13.1. The Morgan fingerprint density at radius 1 is 1.33 bits per heavy atom. The predicted octanol–water partition coefficient (Wildman–Crippen LogP) is 2.87. The van der Waals surface area contributed by atoms with Crippen molar-refractivity contribution in [3.8, 4) is 5.75 Å². The molecule has 1 atom stereocenters. The highest BCUT2D eigenvalue weighted by Gasteiger charge is 2.24. The molecule has 1 heterocycles. The third-order valence-corrected chi connectivity index (χ3v) is 4.01. The highest BCUT2D eigenvalue weighted by Crippen LogP contribution is 2.31. The molecule has 100 valence electrons. The monoisotopic (exact) mass is 249 g/mol. The Kier molecular flexibility index (Phi) is 4.25. The van der Waals surface area contributed by atoms with Crippen LogP contribution in [0.3, 0.4) is 0 Å². The predicted molar refractivity (Wildman–Crippen MR) is 72.9 cm³/mol. The molecule has 18 heavy (non-hydrogen) atoms. The number of hydrogen-bond donors (Lipinski definition) is 1. The van der Waals surface area contributed by atoms with Crippen LogP contribution in [0.2, 0.25) is 0 Å². The molecule has 1 unspecified atom stereocenters. The number of nitrogens with zero attached hydrogens (tertiary/aromatic N) is 1. The maximum Gasteiger partial charge on any atom is 0.120 e. The van der Waals surface area contributed by atoms with Crippen LogP contribution < -0.4 is 0 Å². The summed E-state index contributed by atoms with van der Waals surface area (Å²) in [6.45, 7) is 5.85. The molecule has 3 nitrogen and oxygen atoms in total. The maximum atomic E-state index is 10.1. The van der Waals surface area contributed by atoms with Gasteiger partial charge in [-0.15, -0.1) is 0 Å². The summed E-state index contributed by atoms with van der Waals surface area (Å²) in [6.07, 6.45) is 2.15. The summed E-state index contributed by atoms with van der Waals surface area (Å²) in [5, 5.41) is 10.1. The molecule has 3 heteroatoms. The number of phenols is 1. The van der Waals surface area contributed by atoms with Crippen molar-refractivity contribution < 1.29 is 9.84 Å². The fraction of sp³-hybridized carbons (Fsp3) is 0.600. The smallest absolute Gasteiger partial charge is 0.120 e. The molecular formula is C15H23NO2. The number of hydrogen-bond acceptors (Lipinski definition) is 3. The van der Waals surface area contributed by atoms with Crippen LogP contribution in [-0.2, 0) is 4.74 Å². The standard InChI is InChI=1S/C15H23NO2/c1-11-4-5-14(15(17)10-11)12(2)16(3)13-6-8-18-9-7-13/h4-5,10,12-13,17H,6-9H2,1-3H3. The van der Waals surface area contributed by atoms with Crippen LogP contribution in [0.25, 0.3) is 0 Å². The van der Waals surface area contributed by atoms with Crippen molar-refractivity contribution in [2.45, 2.75) is 38.8 Å². The number of rotatable bonds is 3. The molecule has 1 fully saturated rings. The minimum absolute atomic E-state index is 0.230.